The molecule has 0 amide bonds. The molecule has 2 heterocycles. The van der Waals surface area contributed by atoms with E-state index in [1.54, 1.807) is 0 Å². The highest BCUT2D eigenvalue weighted by Crippen LogP contribution is 2.44. The molecule has 2 aliphatic rings. The van der Waals surface area contributed by atoms with Gasteiger partial charge in [0, 0.05) is 11.8 Å². The van der Waals surface area contributed by atoms with Gasteiger partial charge in [0.05, 0.1) is 17.6 Å². The zero-order valence-corrected chi connectivity index (χ0v) is 12.9. The van der Waals surface area contributed by atoms with Crippen molar-refractivity contribution in [3.8, 4) is 0 Å². The van der Waals surface area contributed by atoms with Crippen LogP contribution in [0.25, 0.3) is 0 Å². The van der Waals surface area contributed by atoms with Gasteiger partial charge in [-0.25, -0.2) is 0 Å². The number of hydrogen-bond acceptors (Lipinski definition) is 2. The number of hydrogen-bond donors (Lipinski definition) is 0. The summed E-state index contributed by atoms with van der Waals surface area (Å²) in [5.41, 5.74) is 1.04. The first-order valence-electron chi connectivity index (χ1n) is 7.19. The van der Waals surface area contributed by atoms with Crippen LogP contribution in [0.2, 0.25) is 0 Å². The van der Waals surface area contributed by atoms with Gasteiger partial charge in [0.1, 0.15) is 5.72 Å². The third kappa shape index (κ3) is 2.09. The van der Waals surface area contributed by atoms with Gasteiger partial charge < -0.3 is 9.64 Å². The number of allylic oxidation sites excluding steroid dienone is 1. The zero-order valence-electron chi connectivity index (χ0n) is 12.1. The van der Waals surface area contributed by atoms with Crippen molar-refractivity contribution in [2.75, 3.05) is 6.61 Å². The fourth-order valence-corrected chi connectivity index (χ4v) is 4.20. The molecular formula is C17H21NOS. The van der Waals surface area contributed by atoms with Crippen molar-refractivity contribution in [1.29, 1.82) is 0 Å². The SMILES string of the molecule is C=C[C@@H](c1ccccc1)[C@@H]1C[C@H]2COC(C)(C)N2C1=S. The van der Waals surface area contributed by atoms with E-state index in [2.05, 4.69) is 49.6 Å². The first-order chi connectivity index (χ1) is 9.54. The van der Waals surface area contributed by atoms with Crippen LogP contribution in [-0.2, 0) is 4.74 Å². The minimum absolute atomic E-state index is 0.265. The summed E-state index contributed by atoms with van der Waals surface area (Å²) in [6.45, 7) is 9.03. The summed E-state index contributed by atoms with van der Waals surface area (Å²) in [5.74, 6) is 0.656. The van der Waals surface area contributed by atoms with E-state index in [0.29, 0.717) is 17.9 Å². The van der Waals surface area contributed by atoms with E-state index in [0.717, 1.165) is 18.0 Å². The lowest BCUT2D eigenvalue weighted by Crippen LogP contribution is -2.43. The quantitative estimate of drug-likeness (QED) is 0.621. The summed E-state index contributed by atoms with van der Waals surface area (Å²) >= 11 is 5.77. The second-order valence-corrected chi connectivity index (χ2v) is 6.55. The van der Waals surface area contributed by atoms with Crippen molar-refractivity contribution in [1.82, 2.24) is 4.90 Å². The minimum atomic E-state index is -0.265. The van der Waals surface area contributed by atoms with E-state index in [1.165, 1.54) is 5.56 Å². The summed E-state index contributed by atoms with van der Waals surface area (Å²) in [4.78, 5) is 3.33. The van der Waals surface area contributed by atoms with Gasteiger partial charge in [-0.1, -0.05) is 48.6 Å². The Morgan fingerprint density at radius 1 is 1.40 bits per heavy atom. The molecule has 0 aliphatic carbocycles. The van der Waals surface area contributed by atoms with E-state index in [4.69, 9.17) is 17.0 Å². The van der Waals surface area contributed by atoms with Crippen molar-refractivity contribution >= 4 is 17.2 Å². The van der Waals surface area contributed by atoms with Crippen molar-refractivity contribution in [3.63, 3.8) is 0 Å². The summed E-state index contributed by atoms with van der Waals surface area (Å²) < 4.78 is 5.86. The van der Waals surface area contributed by atoms with Gasteiger partial charge in [-0.15, -0.1) is 6.58 Å². The molecule has 0 spiro atoms. The third-order valence-electron chi connectivity index (χ3n) is 4.53. The lowest BCUT2D eigenvalue weighted by molar-refractivity contribution is -0.0207. The van der Waals surface area contributed by atoms with Crippen LogP contribution in [0, 0.1) is 5.92 Å². The van der Waals surface area contributed by atoms with E-state index in [-0.39, 0.29) is 5.72 Å². The molecule has 2 fully saturated rings. The van der Waals surface area contributed by atoms with Crippen LogP contribution in [-0.4, -0.2) is 28.3 Å². The molecule has 1 aromatic rings. The third-order valence-corrected chi connectivity index (χ3v) is 5.03. The van der Waals surface area contributed by atoms with Gasteiger partial charge in [-0.05, 0) is 25.8 Å². The minimum Gasteiger partial charge on any atom is -0.354 e. The van der Waals surface area contributed by atoms with Crippen LogP contribution in [0.1, 0.15) is 31.7 Å². The Balaban J connectivity index is 1.89. The Labute approximate surface area is 126 Å². The maximum absolute atomic E-state index is 5.86. The highest BCUT2D eigenvalue weighted by atomic mass is 32.1. The molecule has 2 nitrogen and oxygen atoms in total. The Hall–Kier alpha value is -1.19. The van der Waals surface area contributed by atoms with Gasteiger partial charge in [-0.3, -0.25) is 0 Å². The van der Waals surface area contributed by atoms with Gasteiger partial charge in [0.25, 0.3) is 0 Å². The molecule has 2 aliphatic heterocycles. The van der Waals surface area contributed by atoms with Crippen molar-refractivity contribution in [2.45, 2.75) is 38.0 Å². The molecule has 0 aromatic heterocycles. The van der Waals surface area contributed by atoms with Gasteiger partial charge >= 0.3 is 0 Å². The van der Waals surface area contributed by atoms with Crippen LogP contribution < -0.4 is 0 Å². The van der Waals surface area contributed by atoms with Crippen LogP contribution in [0.4, 0.5) is 0 Å². The standard InChI is InChI=1S/C17H21NOS/c1-4-14(12-8-6-5-7-9-12)15-10-13-11-19-17(2,3)18(13)16(15)20/h4-9,13-15H,1,10-11H2,2-3H3/t13-,14-,15-/m0/s1. The molecule has 2 saturated heterocycles. The summed E-state index contributed by atoms with van der Waals surface area (Å²) in [6.07, 6.45) is 3.11. The molecule has 3 rings (SSSR count). The Morgan fingerprint density at radius 3 is 2.70 bits per heavy atom. The van der Waals surface area contributed by atoms with Crippen LogP contribution in [0.15, 0.2) is 43.0 Å². The average molecular weight is 287 g/mol. The van der Waals surface area contributed by atoms with E-state index in [1.807, 2.05) is 12.1 Å². The van der Waals surface area contributed by atoms with Gasteiger partial charge in [0.15, 0.2) is 0 Å². The summed E-state index contributed by atoms with van der Waals surface area (Å²) in [5, 5.41) is 0. The molecule has 106 valence electrons. The highest BCUT2D eigenvalue weighted by molar-refractivity contribution is 7.80. The molecule has 0 N–H and O–H groups in total. The summed E-state index contributed by atoms with van der Waals surface area (Å²) in [7, 11) is 0. The topological polar surface area (TPSA) is 12.5 Å². The highest BCUT2D eigenvalue weighted by Gasteiger charge is 2.50. The van der Waals surface area contributed by atoms with E-state index < -0.39 is 0 Å². The van der Waals surface area contributed by atoms with E-state index >= 15 is 0 Å². The predicted octanol–water partition coefficient (Wildman–Crippen LogP) is 3.74. The second-order valence-electron chi connectivity index (χ2n) is 6.13. The second kappa shape index (κ2) is 4.97. The molecule has 0 bridgehead atoms. The zero-order chi connectivity index (χ0) is 14.3. The van der Waals surface area contributed by atoms with Crippen LogP contribution in [0.5, 0.6) is 0 Å². The summed E-state index contributed by atoms with van der Waals surface area (Å²) in [6, 6.07) is 11.0. The van der Waals surface area contributed by atoms with Crippen molar-refractivity contribution < 1.29 is 4.74 Å². The molecule has 3 atom stereocenters. The normalized spacial score (nSPS) is 29.3. The molecule has 0 unspecified atom stereocenters. The average Bonchev–Trinajstić information content (AvgIpc) is 2.92. The van der Waals surface area contributed by atoms with E-state index in [9.17, 15) is 0 Å². The number of ether oxygens (including phenoxy) is 1. The van der Waals surface area contributed by atoms with Crippen LogP contribution >= 0.6 is 12.2 Å². The van der Waals surface area contributed by atoms with Gasteiger partial charge in [-0.2, -0.15) is 0 Å². The number of thiocarbonyl (C=S) groups is 1. The van der Waals surface area contributed by atoms with Crippen molar-refractivity contribution in [3.05, 3.63) is 48.6 Å². The Morgan fingerprint density at radius 2 is 2.10 bits per heavy atom. The fourth-order valence-electron chi connectivity index (χ4n) is 3.58. The smallest absolute Gasteiger partial charge is 0.136 e. The molecule has 0 radical (unpaired) electrons. The number of rotatable bonds is 3. The lowest BCUT2D eigenvalue weighted by Gasteiger charge is -2.32. The maximum Gasteiger partial charge on any atom is 0.136 e. The van der Waals surface area contributed by atoms with Crippen LogP contribution in [0.3, 0.4) is 0 Å². The van der Waals surface area contributed by atoms with Gasteiger partial charge in [0.2, 0.25) is 0 Å². The molecule has 3 heteroatoms. The number of benzene rings is 1. The fraction of sp³-hybridized carbons (Fsp3) is 0.471. The molecule has 1 aromatic carbocycles. The number of nitrogens with zero attached hydrogens (tertiary/aromatic N) is 1. The first kappa shape index (κ1) is 13.8. The number of fused-ring (bicyclic) bond motifs is 1. The molecule has 0 saturated carbocycles. The first-order valence-corrected chi connectivity index (χ1v) is 7.60. The Bertz CT molecular complexity index is 525. The monoisotopic (exact) mass is 287 g/mol. The maximum atomic E-state index is 5.86. The largest absolute Gasteiger partial charge is 0.354 e. The lowest BCUT2D eigenvalue weighted by atomic mass is 9.84. The van der Waals surface area contributed by atoms with Crippen molar-refractivity contribution in [2.24, 2.45) is 5.92 Å². The predicted molar refractivity (Wildman–Crippen MR) is 85.7 cm³/mol. The molecular weight excluding hydrogens is 266 g/mol. The molecule has 20 heavy (non-hydrogen) atoms. The Kier molecular flexibility index (Phi) is 3.43.